The summed E-state index contributed by atoms with van der Waals surface area (Å²) in [6.45, 7) is 4.19. The Balaban J connectivity index is 1.37. The molecule has 12 heteroatoms. The van der Waals surface area contributed by atoms with E-state index in [0.29, 0.717) is 69.6 Å². The highest BCUT2D eigenvalue weighted by molar-refractivity contribution is 5.35. The van der Waals surface area contributed by atoms with Crippen molar-refractivity contribution in [2.45, 2.75) is 75.0 Å². The fourth-order valence-corrected chi connectivity index (χ4v) is 6.43. The number of rotatable bonds is 6. The predicted octanol–water partition coefficient (Wildman–Crippen LogP) is 6.70. The molecule has 5 nitrogen and oxygen atoms in total. The maximum atomic E-state index is 13.8. The van der Waals surface area contributed by atoms with Crippen LogP contribution in [0.4, 0.5) is 30.7 Å². The van der Waals surface area contributed by atoms with Gasteiger partial charge in [-0.05, 0) is 80.0 Å². The molecule has 0 aliphatic carbocycles. The first-order valence-corrected chi connectivity index (χ1v) is 14.1. The molecule has 0 bridgehead atoms. The van der Waals surface area contributed by atoms with E-state index in [1.807, 2.05) is 0 Å². The van der Waals surface area contributed by atoms with E-state index < -0.39 is 59.3 Å². The summed E-state index contributed by atoms with van der Waals surface area (Å²) in [5, 5.41) is 10.4. The largest absolute Gasteiger partial charge is 0.416 e. The van der Waals surface area contributed by atoms with Gasteiger partial charge in [0.2, 0.25) is 0 Å². The average molecular weight is 606 g/mol. The van der Waals surface area contributed by atoms with Crippen LogP contribution in [-0.4, -0.2) is 60.8 Å². The van der Waals surface area contributed by atoms with E-state index in [9.17, 15) is 35.8 Å². The minimum Gasteiger partial charge on any atom is -0.390 e. The number of halogens is 7. The molecular formula is C30H34F7NO4. The van der Waals surface area contributed by atoms with Crippen molar-refractivity contribution >= 4 is 0 Å². The van der Waals surface area contributed by atoms with Gasteiger partial charge in [-0.3, -0.25) is 0 Å². The lowest BCUT2D eigenvalue weighted by molar-refractivity contribution is -0.211. The molecule has 3 aliphatic heterocycles. The smallest absolute Gasteiger partial charge is 0.390 e. The molecule has 0 aromatic heterocycles. The van der Waals surface area contributed by atoms with Crippen LogP contribution in [0.25, 0.3) is 0 Å². The van der Waals surface area contributed by atoms with Crippen molar-refractivity contribution in [3.05, 3.63) is 70.5 Å². The van der Waals surface area contributed by atoms with Crippen LogP contribution in [-0.2, 0) is 26.6 Å². The second kappa shape index (κ2) is 12.0. The number of benzene rings is 2. The first-order valence-electron chi connectivity index (χ1n) is 14.1. The van der Waals surface area contributed by atoms with E-state index in [4.69, 9.17) is 14.2 Å². The SMILES string of the molecule is C[C@@H](O[C@H]1OCCC(CN2CCC3(CC2)OCC[C@@H]3O)[C@H]1c1ccc(F)cc1)c1cc(C(F)(F)F)cc(C(F)(F)F)c1. The highest BCUT2D eigenvalue weighted by atomic mass is 19.4. The number of aliphatic hydroxyl groups excluding tert-OH is 1. The molecule has 0 radical (unpaired) electrons. The molecule has 42 heavy (non-hydrogen) atoms. The zero-order valence-electron chi connectivity index (χ0n) is 23.1. The molecule has 3 saturated heterocycles. The van der Waals surface area contributed by atoms with Crippen molar-refractivity contribution in [2.24, 2.45) is 5.92 Å². The van der Waals surface area contributed by atoms with Crippen LogP contribution in [0.5, 0.6) is 0 Å². The van der Waals surface area contributed by atoms with Gasteiger partial charge in [-0.1, -0.05) is 12.1 Å². The predicted molar refractivity (Wildman–Crippen MR) is 138 cm³/mol. The third-order valence-electron chi connectivity index (χ3n) is 8.83. The lowest BCUT2D eigenvalue weighted by Crippen LogP contribution is -2.51. The number of piperidine rings is 1. The van der Waals surface area contributed by atoms with Gasteiger partial charge >= 0.3 is 12.4 Å². The van der Waals surface area contributed by atoms with Crippen LogP contribution in [0.2, 0.25) is 0 Å². The van der Waals surface area contributed by atoms with Crippen molar-refractivity contribution in [3.8, 4) is 0 Å². The number of aliphatic hydroxyl groups is 1. The van der Waals surface area contributed by atoms with Crippen molar-refractivity contribution < 1.29 is 50.1 Å². The summed E-state index contributed by atoms with van der Waals surface area (Å²) in [7, 11) is 0. The van der Waals surface area contributed by atoms with E-state index in [1.165, 1.54) is 19.1 Å². The summed E-state index contributed by atoms with van der Waals surface area (Å²) in [6.07, 6.45) is -10.0. The minimum atomic E-state index is -4.98. The Kier molecular flexibility index (Phi) is 8.93. The van der Waals surface area contributed by atoms with Crippen LogP contribution >= 0.6 is 0 Å². The molecule has 3 aliphatic rings. The normalized spacial score (nSPS) is 27.8. The van der Waals surface area contributed by atoms with Gasteiger partial charge in [0.15, 0.2) is 6.29 Å². The van der Waals surface area contributed by atoms with Gasteiger partial charge in [0.1, 0.15) is 5.82 Å². The number of alkyl halides is 6. The molecule has 0 saturated carbocycles. The summed E-state index contributed by atoms with van der Waals surface area (Å²) < 4.78 is 113. The van der Waals surface area contributed by atoms with Crippen LogP contribution in [0.3, 0.4) is 0 Å². The molecular weight excluding hydrogens is 571 g/mol. The zero-order valence-corrected chi connectivity index (χ0v) is 23.1. The topological polar surface area (TPSA) is 51.2 Å². The van der Waals surface area contributed by atoms with Gasteiger partial charge in [0, 0.05) is 25.6 Å². The summed E-state index contributed by atoms with van der Waals surface area (Å²) in [5.41, 5.74) is -2.94. The summed E-state index contributed by atoms with van der Waals surface area (Å²) in [6, 6.07) is 7.21. The second-order valence-electron chi connectivity index (χ2n) is 11.5. The molecule has 232 valence electrons. The van der Waals surface area contributed by atoms with E-state index >= 15 is 0 Å². The maximum absolute atomic E-state index is 13.8. The average Bonchev–Trinajstić information content (AvgIpc) is 3.28. The highest BCUT2D eigenvalue weighted by Gasteiger charge is 2.46. The third kappa shape index (κ3) is 6.77. The molecule has 5 rings (SSSR count). The Morgan fingerprint density at radius 3 is 2.12 bits per heavy atom. The van der Waals surface area contributed by atoms with Crippen LogP contribution < -0.4 is 0 Å². The van der Waals surface area contributed by atoms with Gasteiger partial charge < -0.3 is 24.2 Å². The van der Waals surface area contributed by atoms with E-state index in [1.54, 1.807) is 12.1 Å². The lowest BCUT2D eigenvalue weighted by atomic mass is 9.80. The fraction of sp³-hybridized carbons (Fsp3) is 0.600. The summed E-state index contributed by atoms with van der Waals surface area (Å²) in [5.74, 6) is -0.964. The van der Waals surface area contributed by atoms with E-state index in [-0.39, 0.29) is 24.2 Å². The Labute approximate surface area is 239 Å². The lowest BCUT2D eigenvalue weighted by Gasteiger charge is -2.44. The van der Waals surface area contributed by atoms with Gasteiger partial charge in [-0.15, -0.1) is 0 Å². The molecule has 3 fully saturated rings. The summed E-state index contributed by atoms with van der Waals surface area (Å²) >= 11 is 0. The minimum absolute atomic E-state index is 0.0582. The highest BCUT2D eigenvalue weighted by Crippen LogP contribution is 2.43. The first kappa shape index (κ1) is 31.2. The van der Waals surface area contributed by atoms with Crippen molar-refractivity contribution in [3.63, 3.8) is 0 Å². The molecule has 1 N–H and O–H groups in total. The van der Waals surface area contributed by atoms with Crippen LogP contribution in [0.1, 0.15) is 66.9 Å². The standard InChI is InChI=1S/C30H34F7NO4/c1-18(21-14-22(29(32,33)34)16-23(15-21)30(35,36)37)42-27-26(19-2-4-24(31)5-3-19)20(6-12-40-27)17-38-10-8-28(9-11-38)25(39)7-13-41-28/h2-5,14-16,18,20,25-27,39H,6-13,17H2,1H3/t18-,20?,25+,26-,27-/m1/s1. The quantitative estimate of drug-likeness (QED) is 0.372. The molecule has 1 unspecified atom stereocenters. The van der Waals surface area contributed by atoms with Crippen molar-refractivity contribution in [1.82, 2.24) is 4.90 Å². The second-order valence-corrected chi connectivity index (χ2v) is 11.5. The number of nitrogens with zero attached hydrogens (tertiary/aromatic N) is 1. The molecule has 2 aromatic carbocycles. The maximum Gasteiger partial charge on any atom is 0.416 e. The first-order chi connectivity index (χ1) is 19.7. The number of ether oxygens (including phenoxy) is 3. The van der Waals surface area contributed by atoms with Crippen LogP contribution in [0.15, 0.2) is 42.5 Å². The van der Waals surface area contributed by atoms with E-state index in [0.717, 1.165) is 0 Å². The van der Waals surface area contributed by atoms with Gasteiger partial charge in [0.05, 0.1) is 42.1 Å². The van der Waals surface area contributed by atoms with Gasteiger partial charge in [-0.2, -0.15) is 26.3 Å². The zero-order chi connectivity index (χ0) is 30.3. The fourth-order valence-electron chi connectivity index (χ4n) is 6.43. The molecule has 1 spiro atoms. The van der Waals surface area contributed by atoms with E-state index in [2.05, 4.69) is 4.90 Å². The Bertz CT molecular complexity index is 1180. The number of hydrogen-bond donors (Lipinski definition) is 1. The van der Waals surface area contributed by atoms with Gasteiger partial charge in [-0.25, -0.2) is 4.39 Å². The number of hydrogen-bond acceptors (Lipinski definition) is 5. The van der Waals surface area contributed by atoms with Crippen LogP contribution in [0, 0.1) is 11.7 Å². The Hall–Kier alpha value is -2.25. The third-order valence-corrected chi connectivity index (χ3v) is 8.83. The molecule has 2 aromatic rings. The molecule has 3 heterocycles. The molecule has 5 atom stereocenters. The summed E-state index contributed by atoms with van der Waals surface area (Å²) in [4.78, 5) is 2.26. The van der Waals surface area contributed by atoms with Gasteiger partial charge in [0.25, 0.3) is 0 Å². The number of likely N-dealkylation sites (tertiary alicyclic amines) is 1. The molecule has 0 amide bonds. The van der Waals surface area contributed by atoms with Crippen molar-refractivity contribution in [1.29, 1.82) is 0 Å². The van der Waals surface area contributed by atoms with Crippen molar-refractivity contribution in [2.75, 3.05) is 32.8 Å². The Morgan fingerprint density at radius 2 is 1.57 bits per heavy atom. The Morgan fingerprint density at radius 1 is 0.952 bits per heavy atom. The monoisotopic (exact) mass is 605 g/mol.